The summed E-state index contributed by atoms with van der Waals surface area (Å²) in [6.07, 6.45) is 3.94. The van der Waals surface area contributed by atoms with E-state index in [0.717, 1.165) is 35.1 Å². The topological polar surface area (TPSA) is 58.9 Å². The summed E-state index contributed by atoms with van der Waals surface area (Å²) in [5, 5.41) is 5.04. The van der Waals surface area contributed by atoms with Crippen LogP contribution in [0.4, 0.5) is 0 Å². The third-order valence-corrected chi connectivity index (χ3v) is 5.10. The van der Waals surface area contributed by atoms with Gasteiger partial charge in [0.1, 0.15) is 12.4 Å². The molecule has 3 aromatic rings. The number of para-hydroxylation sites is 1. The van der Waals surface area contributed by atoms with Crippen LogP contribution in [0.1, 0.15) is 24.2 Å². The van der Waals surface area contributed by atoms with Crippen molar-refractivity contribution in [1.82, 2.24) is 19.6 Å². The fourth-order valence-corrected chi connectivity index (χ4v) is 3.74. The number of benzene rings is 1. The highest BCUT2D eigenvalue weighted by Gasteiger charge is 2.19. The van der Waals surface area contributed by atoms with Gasteiger partial charge < -0.3 is 10.1 Å². The monoisotopic (exact) mass is 356 g/mol. The first-order chi connectivity index (χ1) is 12.2. The highest BCUT2D eigenvalue weighted by atomic mass is 32.1. The van der Waals surface area contributed by atoms with E-state index in [1.807, 2.05) is 53.4 Å². The summed E-state index contributed by atoms with van der Waals surface area (Å²) in [5.74, 6) is 0.917. The van der Waals surface area contributed by atoms with E-state index in [0.29, 0.717) is 13.2 Å². The quantitative estimate of drug-likeness (QED) is 0.780. The average Bonchev–Trinajstić information content (AvgIpc) is 3.12. The number of nitrogens with zero attached hydrogens (tertiary/aromatic N) is 3. The lowest BCUT2D eigenvalue weighted by Crippen LogP contribution is -2.39. The third-order valence-electron chi connectivity index (χ3n) is 4.33. The molecule has 6 nitrogen and oxygen atoms in total. The van der Waals surface area contributed by atoms with Gasteiger partial charge in [-0.05, 0) is 13.0 Å². The molecule has 1 atom stereocenters. The molecule has 0 spiro atoms. The maximum absolute atomic E-state index is 12.4. The van der Waals surface area contributed by atoms with E-state index in [1.165, 1.54) is 0 Å². The normalized spacial score (nSPS) is 16.0. The van der Waals surface area contributed by atoms with Crippen molar-refractivity contribution in [2.24, 2.45) is 0 Å². The molecule has 3 heterocycles. The van der Waals surface area contributed by atoms with Crippen molar-refractivity contribution in [3.05, 3.63) is 53.3 Å². The molecule has 130 valence electrons. The number of fused-ring (bicyclic) bond motifs is 2. The van der Waals surface area contributed by atoms with Gasteiger partial charge in [-0.1, -0.05) is 18.2 Å². The molecule has 7 heteroatoms. The van der Waals surface area contributed by atoms with E-state index in [1.54, 1.807) is 11.3 Å². The van der Waals surface area contributed by atoms with Gasteiger partial charge in [-0.3, -0.25) is 14.1 Å². The smallest absolute Gasteiger partial charge is 0.234 e. The molecule has 0 aliphatic carbocycles. The first-order valence-corrected chi connectivity index (χ1v) is 9.21. The van der Waals surface area contributed by atoms with E-state index in [-0.39, 0.29) is 11.9 Å². The van der Waals surface area contributed by atoms with Gasteiger partial charge in [0.05, 0.1) is 18.3 Å². The van der Waals surface area contributed by atoms with Crippen LogP contribution in [0.15, 0.2) is 42.0 Å². The zero-order valence-corrected chi connectivity index (χ0v) is 14.8. The van der Waals surface area contributed by atoms with Gasteiger partial charge in [-0.25, -0.2) is 4.98 Å². The Morgan fingerprint density at radius 1 is 1.44 bits per heavy atom. The Kier molecular flexibility index (Phi) is 4.42. The minimum Gasteiger partial charge on any atom is -0.492 e. The standard InChI is InChI=1S/C18H20N4O2S/c1-13(15-11-22-7-9-25-18(22)20-15)19-17(23)12-21-6-8-24-16-5-3-2-4-14(16)10-21/h2-5,7,9,11,13H,6,8,10,12H2,1H3,(H,19,23). The average molecular weight is 356 g/mol. The zero-order chi connectivity index (χ0) is 17.2. The Bertz CT molecular complexity index is 859. The molecule has 2 aromatic heterocycles. The SMILES string of the molecule is CC(NC(=O)CN1CCOc2ccccc2C1)c1cn2ccsc2n1. The predicted octanol–water partition coefficient (Wildman–Crippen LogP) is 2.47. The Balaban J connectivity index is 1.37. The van der Waals surface area contributed by atoms with E-state index < -0.39 is 0 Å². The molecule has 25 heavy (non-hydrogen) atoms. The molecule has 1 aliphatic rings. The molecule has 1 unspecified atom stereocenters. The van der Waals surface area contributed by atoms with Crippen LogP contribution in [0.2, 0.25) is 0 Å². The number of nitrogens with one attached hydrogen (secondary N) is 1. The van der Waals surface area contributed by atoms with Gasteiger partial charge >= 0.3 is 0 Å². The number of rotatable bonds is 4. The predicted molar refractivity (Wildman–Crippen MR) is 96.8 cm³/mol. The maximum atomic E-state index is 12.4. The van der Waals surface area contributed by atoms with E-state index in [9.17, 15) is 4.79 Å². The number of carbonyl (C=O) groups excluding carboxylic acids is 1. The Hall–Kier alpha value is -2.38. The number of imidazole rings is 1. The highest BCUT2D eigenvalue weighted by molar-refractivity contribution is 7.15. The van der Waals surface area contributed by atoms with Gasteiger partial charge in [-0.2, -0.15) is 0 Å². The molecule has 0 saturated heterocycles. The first-order valence-electron chi connectivity index (χ1n) is 8.33. The zero-order valence-electron chi connectivity index (χ0n) is 14.0. The lowest BCUT2D eigenvalue weighted by Gasteiger charge is -2.20. The number of aromatic nitrogens is 2. The Morgan fingerprint density at radius 2 is 2.32 bits per heavy atom. The van der Waals surface area contributed by atoms with Crippen LogP contribution in [0.5, 0.6) is 5.75 Å². The molecule has 4 rings (SSSR count). The van der Waals surface area contributed by atoms with Crippen LogP contribution in [0, 0.1) is 0 Å². The summed E-state index contributed by atoms with van der Waals surface area (Å²) >= 11 is 1.59. The first kappa shape index (κ1) is 16.1. The van der Waals surface area contributed by atoms with Crippen LogP contribution in [0.25, 0.3) is 4.96 Å². The summed E-state index contributed by atoms with van der Waals surface area (Å²) in [5.41, 5.74) is 2.00. The fraction of sp³-hybridized carbons (Fsp3) is 0.333. The van der Waals surface area contributed by atoms with Gasteiger partial charge in [0.25, 0.3) is 0 Å². The highest BCUT2D eigenvalue weighted by Crippen LogP contribution is 2.22. The third kappa shape index (κ3) is 3.52. The van der Waals surface area contributed by atoms with Crippen LogP contribution < -0.4 is 10.1 Å². The summed E-state index contributed by atoms with van der Waals surface area (Å²) in [7, 11) is 0. The molecule has 1 aromatic carbocycles. The minimum absolute atomic E-state index is 0.00300. The van der Waals surface area contributed by atoms with Crippen molar-refractivity contribution in [3.63, 3.8) is 0 Å². The number of thiazole rings is 1. The largest absolute Gasteiger partial charge is 0.492 e. The van der Waals surface area contributed by atoms with Crippen molar-refractivity contribution in [2.45, 2.75) is 19.5 Å². The molecular weight excluding hydrogens is 336 g/mol. The molecule has 1 N–H and O–H groups in total. The summed E-state index contributed by atoms with van der Waals surface area (Å²) in [6, 6.07) is 7.88. The van der Waals surface area contributed by atoms with Gasteiger partial charge in [0.15, 0.2) is 4.96 Å². The number of hydrogen-bond acceptors (Lipinski definition) is 5. The number of hydrogen-bond donors (Lipinski definition) is 1. The molecule has 0 fully saturated rings. The molecule has 0 saturated carbocycles. The Morgan fingerprint density at radius 3 is 3.20 bits per heavy atom. The Labute approximate surface area is 150 Å². The van der Waals surface area contributed by atoms with Gasteiger partial charge in [-0.15, -0.1) is 11.3 Å². The van der Waals surface area contributed by atoms with E-state index in [2.05, 4.69) is 15.2 Å². The van der Waals surface area contributed by atoms with Crippen molar-refractivity contribution < 1.29 is 9.53 Å². The van der Waals surface area contributed by atoms with Crippen LogP contribution >= 0.6 is 11.3 Å². The van der Waals surface area contributed by atoms with Crippen LogP contribution in [-0.4, -0.2) is 39.9 Å². The molecule has 0 bridgehead atoms. The number of amides is 1. The number of ether oxygens (including phenoxy) is 1. The lowest BCUT2D eigenvalue weighted by atomic mass is 10.2. The minimum atomic E-state index is -0.116. The van der Waals surface area contributed by atoms with E-state index >= 15 is 0 Å². The van der Waals surface area contributed by atoms with Crippen LogP contribution in [0.3, 0.4) is 0 Å². The second-order valence-electron chi connectivity index (χ2n) is 6.21. The van der Waals surface area contributed by atoms with Crippen molar-refractivity contribution in [3.8, 4) is 5.75 Å². The van der Waals surface area contributed by atoms with Crippen molar-refractivity contribution in [2.75, 3.05) is 19.7 Å². The second-order valence-corrected chi connectivity index (χ2v) is 7.09. The van der Waals surface area contributed by atoms with Gasteiger partial charge in [0.2, 0.25) is 5.91 Å². The fourth-order valence-electron chi connectivity index (χ4n) is 3.03. The molecule has 1 aliphatic heterocycles. The maximum Gasteiger partial charge on any atom is 0.234 e. The summed E-state index contributed by atoms with van der Waals surface area (Å²) in [4.78, 5) is 20.1. The molecular formula is C18H20N4O2S. The van der Waals surface area contributed by atoms with Crippen LogP contribution in [-0.2, 0) is 11.3 Å². The van der Waals surface area contributed by atoms with Gasteiger partial charge in [0, 0.05) is 36.4 Å². The summed E-state index contributed by atoms with van der Waals surface area (Å²) < 4.78 is 7.73. The molecule has 1 amide bonds. The van der Waals surface area contributed by atoms with Crippen molar-refractivity contribution >= 4 is 22.2 Å². The number of carbonyl (C=O) groups is 1. The lowest BCUT2D eigenvalue weighted by molar-refractivity contribution is -0.123. The molecule has 0 radical (unpaired) electrons. The summed E-state index contributed by atoms with van der Waals surface area (Å²) in [6.45, 7) is 4.36. The second kappa shape index (κ2) is 6.85. The van der Waals surface area contributed by atoms with E-state index in [4.69, 9.17) is 4.74 Å². The van der Waals surface area contributed by atoms with Crippen molar-refractivity contribution in [1.29, 1.82) is 0 Å².